The average Bonchev–Trinajstić information content (AvgIpc) is 2.38. The zero-order valence-electron chi connectivity index (χ0n) is 12.5. The standard InChI is InChI=1S/C14H22N2O3S.ClH/c1-4-5-13(15)14(17)16-10(2)11-6-8-12(9-7-11)20(3,18)19;/h6-10,13H,4-5,15H2,1-3H3,(H,16,17);1H. The number of sulfone groups is 1. The van der Waals surface area contributed by atoms with E-state index in [4.69, 9.17) is 5.73 Å². The summed E-state index contributed by atoms with van der Waals surface area (Å²) in [6, 6.07) is 5.77. The van der Waals surface area contributed by atoms with E-state index in [1.54, 1.807) is 24.3 Å². The lowest BCUT2D eigenvalue weighted by molar-refractivity contribution is -0.123. The molecule has 0 saturated heterocycles. The molecule has 2 unspecified atom stereocenters. The van der Waals surface area contributed by atoms with Gasteiger partial charge in [0.2, 0.25) is 5.91 Å². The van der Waals surface area contributed by atoms with Gasteiger partial charge in [-0.1, -0.05) is 25.5 Å². The molecule has 21 heavy (non-hydrogen) atoms. The third-order valence-corrected chi connectivity index (χ3v) is 4.23. The molecule has 2 atom stereocenters. The lowest BCUT2D eigenvalue weighted by atomic mass is 10.1. The van der Waals surface area contributed by atoms with Crippen LogP contribution in [-0.2, 0) is 14.6 Å². The van der Waals surface area contributed by atoms with E-state index in [1.807, 2.05) is 13.8 Å². The maximum absolute atomic E-state index is 11.8. The first-order chi connectivity index (χ1) is 9.25. The summed E-state index contributed by atoms with van der Waals surface area (Å²) in [5.74, 6) is -0.188. The Morgan fingerprint density at radius 2 is 1.81 bits per heavy atom. The molecule has 3 N–H and O–H groups in total. The van der Waals surface area contributed by atoms with Crippen molar-refractivity contribution in [3.05, 3.63) is 29.8 Å². The molecule has 0 saturated carbocycles. The molecule has 0 radical (unpaired) electrons. The molecule has 0 aromatic heterocycles. The van der Waals surface area contributed by atoms with E-state index in [-0.39, 0.29) is 29.3 Å². The molecule has 1 amide bonds. The summed E-state index contributed by atoms with van der Waals surface area (Å²) in [4.78, 5) is 12.1. The molecule has 0 bridgehead atoms. The monoisotopic (exact) mass is 334 g/mol. The topological polar surface area (TPSA) is 89.3 Å². The quantitative estimate of drug-likeness (QED) is 0.830. The number of halogens is 1. The number of carbonyl (C=O) groups excluding carboxylic acids is 1. The van der Waals surface area contributed by atoms with Crippen LogP contribution < -0.4 is 11.1 Å². The number of carbonyl (C=O) groups is 1. The van der Waals surface area contributed by atoms with Crippen molar-refractivity contribution in [2.75, 3.05) is 6.26 Å². The number of rotatable bonds is 6. The predicted molar refractivity (Wildman–Crippen MR) is 86.2 cm³/mol. The van der Waals surface area contributed by atoms with E-state index >= 15 is 0 Å². The van der Waals surface area contributed by atoms with Crippen molar-refractivity contribution in [1.82, 2.24) is 5.32 Å². The minimum absolute atomic E-state index is 0. The van der Waals surface area contributed by atoms with Crippen molar-refractivity contribution >= 4 is 28.2 Å². The van der Waals surface area contributed by atoms with E-state index in [0.29, 0.717) is 6.42 Å². The number of nitrogens with two attached hydrogens (primary N) is 1. The van der Waals surface area contributed by atoms with Gasteiger partial charge in [0.15, 0.2) is 9.84 Å². The van der Waals surface area contributed by atoms with Gasteiger partial charge in [-0.05, 0) is 31.0 Å². The lowest BCUT2D eigenvalue weighted by Gasteiger charge is -2.17. The van der Waals surface area contributed by atoms with E-state index in [9.17, 15) is 13.2 Å². The van der Waals surface area contributed by atoms with Crippen LogP contribution in [0.1, 0.15) is 38.3 Å². The third kappa shape index (κ3) is 6.03. The Bertz CT molecular complexity index is 558. The normalized spacial score (nSPS) is 13.9. The summed E-state index contributed by atoms with van der Waals surface area (Å²) >= 11 is 0. The molecule has 1 aromatic carbocycles. The van der Waals surface area contributed by atoms with Gasteiger partial charge in [0.05, 0.1) is 17.0 Å². The Morgan fingerprint density at radius 3 is 2.24 bits per heavy atom. The minimum atomic E-state index is -3.20. The number of nitrogens with one attached hydrogen (secondary N) is 1. The molecule has 0 aliphatic heterocycles. The van der Waals surface area contributed by atoms with Crippen LogP contribution in [0.2, 0.25) is 0 Å². The SMILES string of the molecule is CCCC(N)C(=O)NC(C)c1ccc(S(C)(=O)=O)cc1.Cl. The van der Waals surface area contributed by atoms with Crippen molar-refractivity contribution in [3.63, 3.8) is 0 Å². The van der Waals surface area contributed by atoms with Gasteiger partial charge in [-0.2, -0.15) is 0 Å². The smallest absolute Gasteiger partial charge is 0.237 e. The number of amides is 1. The Hall–Kier alpha value is -1.11. The second-order valence-electron chi connectivity index (χ2n) is 4.97. The molecule has 0 aliphatic rings. The summed E-state index contributed by atoms with van der Waals surface area (Å²) in [6.45, 7) is 3.81. The summed E-state index contributed by atoms with van der Waals surface area (Å²) in [7, 11) is -3.20. The molecule has 120 valence electrons. The van der Waals surface area contributed by atoms with Crippen molar-refractivity contribution in [2.45, 2.75) is 43.7 Å². The van der Waals surface area contributed by atoms with Gasteiger partial charge >= 0.3 is 0 Å². The zero-order valence-corrected chi connectivity index (χ0v) is 14.1. The first kappa shape index (κ1) is 19.9. The first-order valence-electron chi connectivity index (χ1n) is 6.61. The summed E-state index contributed by atoms with van der Waals surface area (Å²) in [6.07, 6.45) is 2.66. The highest BCUT2D eigenvalue weighted by atomic mass is 35.5. The van der Waals surface area contributed by atoms with Crippen LogP contribution in [0.4, 0.5) is 0 Å². The molecule has 0 spiro atoms. The second kappa shape index (κ2) is 8.36. The molecule has 7 heteroatoms. The lowest BCUT2D eigenvalue weighted by Crippen LogP contribution is -2.41. The van der Waals surface area contributed by atoms with Gasteiger partial charge < -0.3 is 11.1 Å². The second-order valence-corrected chi connectivity index (χ2v) is 6.98. The fraction of sp³-hybridized carbons (Fsp3) is 0.500. The van der Waals surface area contributed by atoms with Crippen molar-refractivity contribution in [2.24, 2.45) is 5.73 Å². The summed E-state index contributed by atoms with van der Waals surface area (Å²) in [5, 5.41) is 2.83. The molecular weight excluding hydrogens is 312 g/mol. The fourth-order valence-corrected chi connectivity index (χ4v) is 2.48. The summed E-state index contributed by atoms with van der Waals surface area (Å²) in [5.41, 5.74) is 6.59. The fourth-order valence-electron chi connectivity index (χ4n) is 1.85. The molecule has 0 heterocycles. The maximum Gasteiger partial charge on any atom is 0.237 e. The van der Waals surface area contributed by atoms with Crippen LogP contribution >= 0.6 is 12.4 Å². The van der Waals surface area contributed by atoms with E-state index in [0.717, 1.165) is 18.2 Å². The van der Waals surface area contributed by atoms with E-state index in [2.05, 4.69) is 5.32 Å². The first-order valence-corrected chi connectivity index (χ1v) is 8.50. The van der Waals surface area contributed by atoms with Crippen molar-refractivity contribution < 1.29 is 13.2 Å². The Kier molecular flexibility index (Phi) is 7.92. The van der Waals surface area contributed by atoms with Crippen molar-refractivity contribution in [1.29, 1.82) is 0 Å². The highest BCUT2D eigenvalue weighted by Gasteiger charge is 2.16. The molecule has 1 rings (SSSR count). The molecule has 0 aliphatic carbocycles. The van der Waals surface area contributed by atoms with Crippen LogP contribution in [0, 0.1) is 0 Å². The van der Waals surface area contributed by atoms with Gasteiger partial charge in [-0.15, -0.1) is 12.4 Å². The van der Waals surface area contributed by atoms with Crippen LogP contribution in [-0.4, -0.2) is 26.6 Å². The number of benzene rings is 1. The maximum atomic E-state index is 11.8. The molecule has 0 fully saturated rings. The Labute approximate surface area is 132 Å². The Morgan fingerprint density at radius 1 is 1.29 bits per heavy atom. The van der Waals surface area contributed by atoms with E-state index < -0.39 is 15.9 Å². The highest BCUT2D eigenvalue weighted by molar-refractivity contribution is 7.90. The van der Waals surface area contributed by atoms with Crippen molar-refractivity contribution in [3.8, 4) is 0 Å². The average molecular weight is 335 g/mol. The van der Waals surface area contributed by atoms with Gasteiger partial charge in [-0.3, -0.25) is 4.79 Å². The van der Waals surface area contributed by atoms with Gasteiger partial charge in [0.25, 0.3) is 0 Å². The van der Waals surface area contributed by atoms with Crippen LogP contribution in [0.15, 0.2) is 29.2 Å². The van der Waals surface area contributed by atoms with Crippen LogP contribution in [0.5, 0.6) is 0 Å². The minimum Gasteiger partial charge on any atom is -0.348 e. The number of hydrogen-bond acceptors (Lipinski definition) is 4. The third-order valence-electron chi connectivity index (χ3n) is 3.10. The van der Waals surface area contributed by atoms with Gasteiger partial charge in [-0.25, -0.2) is 8.42 Å². The predicted octanol–water partition coefficient (Wildman–Crippen LogP) is 1.82. The largest absolute Gasteiger partial charge is 0.348 e. The Balaban J connectivity index is 0.00000400. The summed E-state index contributed by atoms with van der Waals surface area (Å²) < 4.78 is 22.7. The molecule has 1 aromatic rings. The molecular formula is C14H23ClN2O3S. The van der Waals surface area contributed by atoms with Gasteiger partial charge in [0, 0.05) is 6.26 Å². The zero-order chi connectivity index (χ0) is 15.3. The number of hydrogen-bond donors (Lipinski definition) is 2. The van der Waals surface area contributed by atoms with E-state index in [1.165, 1.54) is 0 Å². The van der Waals surface area contributed by atoms with Gasteiger partial charge in [0.1, 0.15) is 0 Å². The van der Waals surface area contributed by atoms with Crippen LogP contribution in [0.3, 0.4) is 0 Å². The van der Waals surface area contributed by atoms with Crippen LogP contribution in [0.25, 0.3) is 0 Å². The highest BCUT2D eigenvalue weighted by Crippen LogP contribution is 2.16. The molecule has 5 nitrogen and oxygen atoms in total.